The van der Waals surface area contributed by atoms with Gasteiger partial charge in [0.25, 0.3) is 0 Å². The predicted octanol–water partition coefficient (Wildman–Crippen LogP) is 3.19. The molecule has 3 heteroatoms. The first kappa shape index (κ1) is 12.7. The van der Waals surface area contributed by atoms with Gasteiger partial charge in [-0.15, -0.1) is 0 Å². The summed E-state index contributed by atoms with van der Waals surface area (Å²) in [7, 11) is 1.91. The molecule has 96 valence electrons. The summed E-state index contributed by atoms with van der Waals surface area (Å²) in [4.78, 5) is 0. The maximum absolute atomic E-state index is 5.76. The van der Waals surface area contributed by atoms with Crippen LogP contribution in [0.3, 0.4) is 0 Å². The molecule has 0 spiro atoms. The summed E-state index contributed by atoms with van der Waals surface area (Å²) in [5.41, 5.74) is 2.30. The highest BCUT2D eigenvalue weighted by atomic mass is 16.5. The van der Waals surface area contributed by atoms with E-state index in [1.54, 1.807) is 0 Å². The molecule has 18 heavy (non-hydrogen) atoms. The summed E-state index contributed by atoms with van der Waals surface area (Å²) in [6.07, 6.45) is 0. The maximum Gasteiger partial charge on any atom is 0.146 e. The van der Waals surface area contributed by atoms with Gasteiger partial charge in [0.05, 0.1) is 6.54 Å². The lowest BCUT2D eigenvalue weighted by Crippen LogP contribution is -2.04. The van der Waals surface area contributed by atoms with Crippen LogP contribution in [0.15, 0.2) is 34.7 Å². The highest BCUT2D eigenvalue weighted by molar-refractivity contribution is 5.32. The molecule has 1 aromatic carbocycles. The zero-order valence-electron chi connectivity index (χ0n) is 11.1. The predicted molar refractivity (Wildman–Crippen MR) is 71.7 cm³/mol. The minimum absolute atomic E-state index is 0.468. The molecular weight excluding hydrogens is 226 g/mol. The van der Waals surface area contributed by atoms with Gasteiger partial charge in [-0.25, -0.2) is 0 Å². The van der Waals surface area contributed by atoms with E-state index in [1.165, 1.54) is 0 Å². The van der Waals surface area contributed by atoms with Gasteiger partial charge in [-0.3, -0.25) is 0 Å². The molecular formula is C15H19NO2. The Kier molecular flexibility index (Phi) is 4.05. The Morgan fingerprint density at radius 2 is 1.94 bits per heavy atom. The van der Waals surface area contributed by atoms with Gasteiger partial charge >= 0.3 is 0 Å². The molecule has 0 bridgehead atoms. The van der Waals surface area contributed by atoms with Gasteiger partial charge in [-0.1, -0.05) is 18.2 Å². The number of rotatable bonds is 5. The Hall–Kier alpha value is -1.74. The van der Waals surface area contributed by atoms with Crippen LogP contribution in [0.25, 0.3) is 0 Å². The number of furan rings is 1. The van der Waals surface area contributed by atoms with Crippen LogP contribution >= 0.6 is 0 Å². The molecule has 2 rings (SSSR count). The standard InChI is InChI=1S/C15H19NO2/c1-11-6-4-5-7-14(11)17-10-13-8-12(2)15(18-13)9-16-3/h4-8,16H,9-10H2,1-3H3. The number of para-hydroxylation sites is 1. The van der Waals surface area contributed by atoms with E-state index in [1.807, 2.05) is 51.2 Å². The molecule has 2 aromatic rings. The van der Waals surface area contributed by atoms with E-state index >= 15 is 0 Å². The van der Waals surface area contributed by atoms with E-state index in [2.05, 4.69) is 5.32 Å². The van der Waals surface area contributed by atoms with Gasteiger partial charge in [0.2, 0.25) is 0 Å². The Labute approximate surface area is 108 Å². The van der Waals surface area contributed by atoms with Gasteiger partial charge in [0.1, 0.15) is 23.9 Å². The van der Waals surface area contributed by atoms with Crippen LogP contribution in [0.2, 0.25) is 0 Å². The van der Waals surface area contributed by atoms with Gasteiger partial charge in [-0.2, -0.15) is 0 Å². The minimum atomic E-state index is 0.468. The summed E-state index contributed by atoms with van der Waals surface area (Å²) in [5.74, 6) is 2.74. The molecule has 0 saturated carbocycles. The molecule has 3 nitrogen and oxygen atoms in total. The van der Waals surface area contributed by atoms with Crippen molar-refractivity contribution >= 4 is 0 Å². The smallest absolute Gasteiger partial charge is 0.146 e. The van der Waals surface area contributed by atoms with Crippen molar-refractivity contribution in [2.75, 3.05) is 7.05 Å². The van der Waals surface area contributed by atoms with E-state index in [9.17, 15) is 0 Å². The average molecular weight is 245 g/mol. The first-order chi connectivity index (χ1) is 8.70. The Balaban J connectivity index is 2.02. The summed E-state index contributed by atoms with van der Waals surface area (Å²) < 4.78 is 11.5. The number of ether oxygens (including phenoxy) is 1. The monoisotopic (exact) mass is 245 g/mol. The summed E-state index contributed by atoms with van der Waals surface area (Å²) in [6, 6.07) is 10.0. The van der Waals surface area contributed by atoms with E-state index in [0.29, 0.717) is 6.61 Å². The topological polar surface area (TPSA) is 34.4 Å². The van der Waals surface area contributed by atoms with Crippen molar-refractivity contribution in [1.29, 1.82) is 0 Å². The van der Waals surface area contributed by atoms with E-state index in [4.69, 9.17) is 9.15 Å². The lowest BCUT2D eigenvalue weighted by atomic mass is 10.2. The molecule has 1 heterocycles. The van der Waals surface area contributed by atoms with E-state index in [-0.39, 0.29) is 0 Å². The number of aryl methyl sites for hydroxylation is 2. The maximum atomic E-state index is 5.76. The number of nitrogens with one attached hydrogen (secondary N) is 1. The van der Waals surface area contributed by atoms with Crippen molar-refractivity contribution in [3.8, 4) is 5.75 Å². The molecule has 0 atom stereocenters. The van der Waals surface area contributed by atoms with Crippen molar-refractivity contribution in [2.24, 2.45) is 0 Å². The Morgan fingerprint density at radius 1 is 1.17 bits per heavy atom. The third-order valence-electron chi connectivity index (χ3n) is 2.87. The van der Waals surface area contributed by atoms with Crippen molar-refractivity contribution < 1.29 is 9.15 Å². The van der Waals surface area contributed by atoms with Gasteiger partial charge in [-0.05, 0) is 44.2 Å². The normalized spacial score (nSPS) is 10.6. The molecule has 0 unspecified atom stereocenters. The third kappa shape index (κ3) is 2.93. The molecule has 0 amide bonds. The Bertz CT molecular complexity index is 517. The van der Waals surface area contributed by atoms with Crippen molar-refractivity contribution in [3.05, 3.63) is 53.0 Å². The van der Waals surface area contributed by atoms with Crippen LogP contribution in [0.5, 0.6) is 5.75 Å². The van der Waals surface area contributed by atoms with Crippen LogP contribution in [-0.4, -0.2) is 7.05 Å². The highest BCUT2D eigenvalue weighted by Crippen LogP contribution is 2.20. The fourth-order valence-corrected chi connectivity index (χ4v) is 1.86. The summed E-state index contributed by atoms with van der Waals surface area (Å²) in [5, 5.41) is 3.09. The molecule has 0 aliphatic rings. The SMILES string of the molecule is CNCc1oc(COc2ccccc2C)cc1C. The Morgan fingerprint density at radius 3 is 2.67 bits per heavy atom. The number of hydrogen-bond donors (Lipinski definition) is 1. The molecule has 0 aliphatic heterocycles. The second kappa shape index (κ2) is 5.74. The van der Waals surface area contributed by atoms with Crippen molar-refractivity contribution in [1.82, 2.24) is 5.32 Å². The lowest BCUT2D eigenvalue weighted by molar-refractivity contribution is 0.264. The van der Waals surface area contributed by atoms with E-state index in [0.717, 1.165) is 34.9 Å². The number of benzene rings is 1. The van der Waals surface area contributed by atoms with E-state index < -0.39 is 0 Å². The van der Waals surface area contributed by atoms with Crippen molar-refractivity contribution in [3.63, 3.8) is 0 Å². The highest BCUT2D eigenvalue weighted by Gasteiger charge is 2.07. The minimum Gasteiger partial charge on any atom is -0.485 e. The van der Waals surface area contributed by atoms with Crippen LogP contribution < -0.4 is 10.1 Å². The molecule has 1 N–H and O–H groups in total. The second-order valence-electron chi connectivity index (χ2n) is 4.40. The zero-order valence-corrected chi connectivity index (χ0v) is 11.1. The van der Waals surface area contributed by atoms with Gasteiger partial charge < -0.3 is 14.5 Å². The molecule has 0 saturated heterocycles. The van der Waals surface area contributed by atoms with Crippen LogP contribution in [0, 0.1) is 13.8 Å². The number of hydrogen-bond acceptors (Lipinski definition) is 3. The van der Waals surface area contributed by atoms with Crippen LogP contribution in [0.1, 0.15) is 22.6 Å². The second-order valence-corrected chi connectivity index (χ2v) is 4.40. The third-order valence-corrected chi connectivity index (χ3v) is 2.87. The van der Waals surface area contributed by atoms with Gasteiger partial charge in [0, 0.05) is 0 Å². The van der Waals surface area contributed by atoms with Gasteiger partial charge in [0.15, 0.2) is 0 Å². The lowest BCUT2D eigenvalue weighted by Gasteiger charge is -2.06. The van der Waals surface area contributed by atoms with Crippen molar-refractivity contribution in [2.45, 2.75) is 27.0 Å². The quantitative estimate of drug-likeness (QED) is 0.878. The molecule has 1 aromatic heterocycles. The largest absolute Gasteiger partial charge is 0.485 e. The molecule has 0 aliphatic carbocycles. The average Bonchev–Trinajstić information content (AvgIpc) is 2.70. The molecule has 0 fully saturated rings. The first-order valence-corrected chi connectivity index (χ1v) is 6.12. The van der Waals surface area contributed by atoms with Crippen LogP contribution in [-0.2, 0) is 13.2 Å². The zero-order chi connectivity index (χ0) is 13.0. The molecule has 0 radical (unpaired) electrons. The van der Waals surface area contributed by atoms with Crippen LogP contribution in [0.4, 0.5) is 0 Å². The fraction of sp³-hybridized carbons (Fsp3) is 0.333. The fourth-order valence-electron chi connectivity index (χ4n) is 1.86. The summed E-state index contributed by atoms with van der Waals surface area (Å²) >= 11 is 0. The first-order valence-electron chi connectivity index (χ1n) is 6.12. The summed E-state index contributed by atoms with van der Waals surface area (Å²) in [6.45, 7) is 5.30.